The average molecular weight is 321 g/mol. The average Bonchev–Trinajstić information content (AvgIpc) is 3.00. The van der Waals surface area contributed by atoms with Crippen molar-refractivity contribution >= 4 is 28.5 Å². The minimum Gasteiger partial charge on any atom is -0.493 e. The molecule has 2 aromatic rings. The molecule has 0 unspecified atom stereocenters. The molecule has 0 saturated heterocycles. The zero-order valence-corrected chi connectivity index (χ0v) is 13.2. The van der Waals surface area contributed by atoms with E-state index < -0.39 is 4.92 Å². The lowest BCUT2D eigenvalue weighted by atomic mass is 10.1. The quantitative estimate of drug-likeness (QED) is 0.597. The van der Waals surface area contributed by atoms with Crippen LogP contribution >= 0.6 is 11.3 Å². The number of hydrogen-bond donors (Lipinski definition) is 0. The van der Waals surface area contributed by atoms with Crippen LogP contribution in [0.1, 0.15) is 10.4 Å². The summed E-state index contributed by atoms with van der Waals surface area (Å²) in [4.78, 5) is 11.1. The Hall–Kier alpha value is -2.54. The Balaban J connectivity index is 2.31. The number of nitro groups is 1. The maximum Gasteiger partial charge on any atom is 0.324 e. The van der Waals surface area contributed by atoms with Gasteiger partial charge in [-0.2, -0.15) is 0 Å². The lowest BCUT2D eigenvalue weighted by molar-refractivity contribution is -0.380. The summed E-state index contributed by atoms with van der Waals surface area (Å²) in [5.41, 5.74) is 0.838. The molecule has 1 heterocycles. The standard InChI is InChI=1S/C15H15NO5S/c1-19-12-8-10(9-13(20-2)15(12)21-3)4-5-11-6-7-14(22-11)16(17)18/h4-9H,1-3H3/b5-4+. The van der Waals surface area contributed by atoms with E-state index in [2.05, 4.69) is 0 Å². The van der Waals surface area contributed by atoms with Crippen LogP contribution in [0.25, 0.3) is 12.2 Å². The van der Waals surface area contributed by atoms with E-state index in [4.69, 9.17) is 14.2 Å². The summed E-state index contributed by atoms with van der Waals surface area (Å²) in [7, 11) is 4.64. The smallest absolute Gasteiger partial charge is 0.324 e. The van der Waals surface area contributed by atoms with E-state index in [0.29, 0.717) is 17.2 Å². The van der Waals surface area contributed by atoms with Crippen LogP contribution in [-0.4, -0.2) is 26.3 Å². The Kier molecular flexibility index (Phi) is 5.00. The number of rotatable bonds is 6. The number of benzene rings is 1. The van der Waals surface area contributed by atoms with Gasteiger partial charge in [-0.15, -0.1) is 0 Å². The van der Waals surface area contributed by atoms with Crippen LogP contribution in [0.15, 0.2) is 24.3 Å². The van der Waals surface area contributed by atoms with E-state index in [1.54, 1.807) is 45.6 Å². The van der Waals surface area contributed by atoms with E-state index in [1.165, 1.54) is 6.07 Å². The minimum atomic E-state index is -0.401. The molecule has 0 aliphatic heterocycles. The van der Waals surface area contributed by atoms with Crippen molar-refractivity contribution < 1.29 is 19.1 Å². The van der Waals surface area contributed by atoms with E-state index in [9.17, 15) is 10.1 Å². The van der Waals surface area contributed by atoms with E-state index in [1.807, 2.05) is 6.08 Å². The number of methoxy groups -OCH3 is 3. The highest BCUT2D eigenvalue weighted by Gasteiger charge is 2.12. The first kappa shape index (κ1) is 15.8. The van der Waals surface area contributed by atoms with Crippen molar-refractivity contribution in [3.05, 3.63) is 44.8 Å². The Morgan fingerprint density at radius 2 is 1.68 bits per heavy atom. The molecule has 2 rings (SSSR count). The van der Waals surface area contributed by atoms with Gasteiger partial charge in [0.2, 0.25) is 5.75 Å². The molecule has 0 bridgehead atoms. The summed E-state index contributed by atoms with van der Waals surface area (Å²) >= 11 is 1.11. The van der Waals surface area contributed by atoms with Gasteiger partial charge in [0.15, 0.2) is 11.5 Å². The highest BCUT2D eigenvalue weighted by Crippen LogP contribution is 2.38. The van der Waals surface area contributed by atoms with Gasteiger partial charge in [-0.3, -0.25) is 10.1 Å². The van der Waals surface area contributed by atoms with Gasteiger partial charge < -0.3 is 14.2 Å². The van der Waals surface area contributed by atoms with Gasteiger partial charge in [-0.1, -0.05) is 17.4 Å². The number of thiophene rings is 1. The third kappa shape index (κ3) is 3.37. The predicted octanol–water partition coefficient (Wildman–Crippen LogP) is 3.85. The third-order valence-electron chi connectivity index (χ3n) is 2.92. The SMILES string of the molecule is COc1cc(/C=C/c2ccc([N+](=O)[O-])s2)cc(OC)c1OC. The molecule has 22 heavy (non-hydrogen) atoms. The molecular weight excluding hydrogens is 306 g/mol. The van der Waals surface area contributed by atoms with E-state index in [-0.39, 0.29) is 5.00 Å². The summed E-state index contributed by atoms with van der Waals surface area (Å²) in [6.07, 6.45) is 3.64. The summed E-state index contributed by atoms with van der Waals surface area (Å²) in [5, 5.41) is 10.8. The highest BCUT2D eigenvalue weighted by molar-refractivity contribution is 7.16. The first-order valence-corrected chi connectivity index (χ1v) is 7.13. The first-order chi connectivity index (χ1) is 10.6. The lowest BCUT2D eigenvalue weighted by Gasteiger charge is -2.12. The Bertz CT molecular complexity index is 683. The van der Waals surface area contributed by atoms with E-state index in [0.717, 1.165) is 21.8 Å². The van der Waals surface area contributed by atoms with Gasteiger partial charge >= 0.3 is 5.00 Å². The molecule has 0 aliphatic carbocycles. The maximum absolute atomic E-state index is 10.7. The zero-order valence-electron chi connectivity index (χ0n) is 12.4. The van der Waals surface area contributed by atoms with Gasteiger partial charge in [0.1, 0.15) is 0 Å². The molecule has 0 fully saturated rings. The summed E-state index contributed by atoms with van der Waals surface area (Å²) in [5.74, 6) is 1.63. The fourth-order valence-corrected chi connectivity index (χ4v) is 2.63. The van der Waals surface area contributed by atoms with Crippen LogP contribution in [0.5, 0.6) is 17.2 Å². The number of ether oxygens (including phenoxy) is 3. The predicted molar refractivity (Wildman–Crippen MR) is 86.0 cm³/mol. The van der Waals surface area contributed by atoms with Gasteiger partial charge in [-0.05, 0) is 29.8 Å². The topological polar surface area (TPSA) is 70.8 Å². The molecule has 6 nitrogen and oxygen atoms in total. The lowest BCUT2D eigenvalue weighted by Crippen LogP contribution is -1.95. The van der Waals surface area contributed by atoms with Crippen LogP contribution in [0.3, 0.4) is 0 Å². The molecule has 0 amide bonds. The van der Waals surface area contributed by atoms with Gasteiger partial charge in [-0.25, -0.2) is 0 Å². The van der Waals surface area contributed by atoms with Crippen molar-refractivity contribution in [3.63, 3.8) is 0 Å². The monoisotopic (exact) mass is 321 g/mol. The van der Waals surface area contributed by atoms with Crippen LogP contribution in [0, 0.1) is 10.1 Å². The molecule has 1 aromatic heterocycles. The minimum absolute atomic E-state index is 0.115. The molecule has 7 heteroatoms. The second-order valence-electron chi connectivity index (χ2n) is 4.23. The first-order valence-electron chi connectivity index (χ1n) is 6.31. The van der Waals surface area contributed by atoms with Crippen molar-refractivity contribution in [2.75, 3.05) is 21.3 Å². The molecule has 0 atom stereocenters. The molecule has 0 spiro atoms. The van der Waals surface area contributed by atoms with Crippen molar-refractivity contribution in [1.82, 2.24) is 0 Å². The number of nitrogens with zero attached hydrogens (tertiary/aromatic N) is 1. The largest absolute Gasteiger partial charge is 0.493 e. The molecule has 1 aromatic carbocycles. The summed E-state index contributed by atoms with van der Waals surface area (Å²) in [6.45, 7) is 0. The zero-order chi connectivity index (χ0) is 16.1. The van der Waals surface area contributed by atoms with E-state index >= 15 is 0 Å². The third-order valence-corrected chi connectivity index (χ3v) is 3.92. The molecule has 0 radical (unpaired) electrons. The normalized spacial score (nSPS) is 10.7. The summed E-state index contributed by atoms with van der Waals surface area (Å²) < 4.78 is 15.8. The second-order valence-corrected chi connectivity index (χ2v) is 5.32. The van der Waals surface area contributed by atoms with Crippen molar-refractivity contribution in [3.8, 4) is 17.2 Å². The fraction of sp³-hybridized carbons (Fsp3) is 0.200. The highest BCUT2D eigenvalue weighted by atomic mass is 32.1. The fourth-order valence-electron chi connectivity index (χ4n) is 1.91. The molecule has 0 aliphatic rings. The van der Waals surface area contributed by atoms with Crippen molar-refractivity contribution in [2.45, 2.75) is 0 Å². The van der Waals surface area contributed by atoms with Crippen LogP contribution in [0.4, 0.5) is 5.00 Å². The maximum atomic E-state index is 10.7. The summed E-state index contributed by atoms with van der Waals surface area (Å²) in [6, 6.07) is 6.80. The number of hydrogen-bond acceptors (Lipinski definition) is 6. The van der Waals surface area contributed by atoms with Crippen molar-refractivity contribution in [2.24, 2.45) is 0 Å². The van der Waals surface area contributed by atoms with Gasteiger partial charge in [0.25, 0.3) is 0 Å². The van der Waals surface area contributed by atoms with Crippen LogP contribution in [-0.2, 0) is 0 Å². The Labute approximate surface area is 131 Å². The molecule has 116 valence electrons. The van der Waals surface area contributed by atoms with Gasteiger partial charge in [0, 0.05) is 10.9 Å². The molecule has 0 saturated carbocycles. The van der Waals surface area contributed by atoms with Crippen molar-refractivity contribution in [1.29, 1.82) is 0 Å². The van der Waals surface area contributed by atoms with Crippen LogP contribution < -0.4 is 14.2 Å². The Morgan fingerprint density at radius 3 is 2.14 bits per heavy atom. The van der Waals surface area contributed by atoms with Crippen LogP contribution in [0.2, 0.25) is 0 Å². The molecular formula is C15H15NO5S. The Morgan fingerprint density at radius 1 is 1.05 bits per heavy atom. The molecule has 0 N–H and O–H groups in total. The van der Waals surface area contributed by atoms with Gasteiger partial charge in [0.05, 0.1) is 26.3 Å². The second kappa shape index (κ2) is 6.95.